The van der Waals surface area contributed by atoms with Crippen LogP contribution in [0.2, 0.25) is 0 Å². The van der Waals surface area contributed by atoms with Gasteiger partial charge in [-0.3, -0.25) is 14.6 Å². The minimum atomic E-state index is -3.40. The van der Waals surface area contributed by atoms with Gasteiger partial charge >= 0.3 is 11.7 Å². The van der Waals surface area contributed by atoms with E-state index in [0.29, 0.717) is 0 Å². The fourth-order valence-electron chi connectivity index (χ4n) is 3.35. The maximum atomic E-state index is 14.6. The molecule has 0 radical (unpaired) electrons. The first kappa shape index (κ1) is 21.9. The van der Waals surface area contributed by atoms with Crippen molar-refractivity contribution < 1.29 is 18.0 Å². The number of aromatic nitrogens is 4. The molecule has 0 saturated carbocycles. The van der Waals surface area contributed by atoms with Gasteiger partial charge in [0.1, 0.15) is 17.5 Å². The number of urea groups is 1. The van der Waals surface area contributed by atoms with Gasteiger partial charge in [0.25, 0.3) is 17.0 Å². The Morgan fingerprint density at radius 2 is 1.88 bits per heavy atom. The summed E-state index contributed by atoms with van der Waals surface area (Å²) in [7, 11) is 0. The molecular formula is C19H16F3N7O4. The summed E-state index contributed by atoms with van der Waals surface area (Å²) in [6.07, 6.45) is 1.08. The van der Waals surface area contributed by atoms with Crippen LogP contribution in [-0.4, -0.2) is 51.3 Å². The minimum absolute atomic E-state index is 0.0594. The first-order valence-corrected chi connectivity index (χ1v) is 9.50. The van der Waals surface area contributed by atoms with Gasteiger partial charge in [0.05, 0.1) is 17.8 Å². The van der Waals surface area contributed by atoms with E-state index in [2.05, 4.69) is 25.8 Å². The van der Waals surface area contributed by atoms with Crippen molar-refractivity contribution in [2.75, 3.05) is 23.3 Å². The summed E-state index contributed by atoms with van der Waals surface area (Å²) in [6, 6.07) is 3.29. The molecule has 1 aliphatic heterocycles. The van der Waals surface area contributed by atoms with Crippen LogP contribution >= 0.6 is 0 Å². The first-order valence-electron chi connectivity index (χ1n) is 9.50. The number of nitrogens with zero attached hydrogens (tertiary/aromatic N) is 2. The highest BCUT2D eigenvalue weighted by atomic mass is 19.3. The normalized spacial score (nSPS) is 17.1. The number of H-pyrrole nitrogens is 3. The lowest BCUT2D eigenvalue weighted by Gasteiger charge is -2.19. The van der Waals surface area contributed by atoms with Gasteiger partial charge in [0.2, 0.25) is 0 Å². The van der Waals surface area contributed by atoms with Crippen LogP contribution in [0.15, 0.2) is 50.9 Å². The summed E-state index contributed by atoms with van der Waals surface area (Å²) in [5.74, 6) is -3.92. The van der Waals surface area contributed by atoms with E-state index in [1.165, 1.54) is 12.1 Å². The molecule has 14 heteroatoms. The number of hydrogen-bond donors (Lipinski definition) is 5. The molecule has 172 valence electrons. The first-order chi connectivity index (χ1) is 15.6. The number of carbonyl (C=O) groups excluding carboxylic acids is 1. The molecule has 0 unspecified atom stereocenters. The quantitative estimate of drug-likeness (QED) is 0.382. The summed E-state index contributed by atoms with van der Waals surface area (Å²) in [6.45, 7) is -1.30. The van der Waals surface area contributed by atoms with Gasteiger partial charge < -0.3 is 20.5 Å². The average molecular weight is 463 g/mol. The third-order valence-corrected chi connectivity index (χ3v) is 4.94. The molecule has 1 aromatic carbocycles. The predicted molar refractivity (Wildman–Crippen MR) is 111 cm³/mol. The number of anilines is 2. The zero-order valence-corrected chi connectivity index (χ0v) is 16.6. The van der Waals surface area contributed by atoms with Crippen molar-refractivity contribution in [3.05, 3.63) is 73.5 Å². The van der Waals surface area contributed by atoms with Gasteiger partial charge in [0, 0.05) is 18.4 Å². The molecule has 4 rings (SSSR count). The number of aromatic amines is 3. The second-order valence-electron chi connectivity index (χ2n) is 7.25. The van der Waals surface area contributed by atoms with Crippen LogP contribution < -0.4 is 32.3 Å². The van der Waals surface area contributed by atoms with Gasteiger partial charge in [-0.1, -0.05) is 0 Å². The molecule has 1 saturated heterocycles. The summed E-state index contributed by atoms with van der Waals surface area (Å²) >= 11 is 0. The Morgan fingerprint density at radius 3 is 2.58 bits per heavy atom. The fourth-order valence-corrected chi connectivity index (χ4v) is 3.35. The molecule has 1 aliphatic rings. The summed E-state index contributed by atoms with van der Waals surface area (Å²) in [5, 5.41) is 10.3. The molecule has 1 atom stereocenters. The van der Waals surface area contributed by atoms with Gasteiger partial charge in [-0.05, 0) is 30.3 Å². The Kier molecular flexibility index (Phi) is 5.49. The number of carbonyl (C=O) groups is 1. The summed E-state index contributed by atoms with van der Waals surface area (Å²) in [4.78, 5) is 52.9. The van der Waals surface area contributed by atoms with Crippen LogP contribution in [-0.2, 0) is 0 Å². The van der Waals surface area contributed by atoms with Crippen LogP contribution in [0.3, 0.4) is 0 Å². The zero-order valence-electron chi connectivity index (χ0n) is 16.6. The maximum Gasteiger partial charge on any atom is 0.325 e. The molecule has 0 bridgehead atoms. The van der Waals surface area contributed by atoms with Gasteiger partial charge in [-0.15, -0.1) is 0 Å². The second kappa shape index (κ2) is 8.29. The lowest BCUT2D eigenvalue weighted by molar-refractivity contribution is 0.00186. The Bertz CT molecular complexity index is 1370. The third-order valence-electron chi connectivity index (χ3n) is 4.94. The minimum Gasteiger partial charge on any atom is -0.359 e. The summed E-state index contributed by atoms with van der Waals surface area (Å²) < 4.78 is 42.2. The molecule has 1 fully saturated rings. The van der Waals surface area contributed by atoms with Crippen LogP contribution in [0.1, 0.15) is 0 Å². The molecule has 33 heavy (non-hydrogen) atoms. The SMILES string of the molecule is O=C(Nc1ccc(F)cc1)N[C@H]1CN(c2cc(-c3c[nH]c(=O)[nH]c3=O)n[nH]c2=O)CC1(F)F. The van der Waals surface area contributed by atoms with Gasteiger partial charge in [-0.25, -0.2) is 27.9 Å². The number of benzene rings is 1. The Labute approximate surface area is 181 Å². The fraction of sp³-hybridized carbons (Fsp3) is 0.211. The summed E-state index contributed by atoms with van der Waals surface area (Å²) in [5.41, 5.74) is -2.47. The van der Waals surface area contributed by atoms with Crippen molar-refractivity contribution in [3.63, 3.8) is 0 Å². The number of nitrogens with one attached hydrogen (secondary N) is 5. The van der Waals surface area contributed by atoms with Crippen LogP contribution in [0.5, 0.6) is 0 Å². The van der Waals surface area contributed by atoms with Crippen molar-refractivity contribution in [3.8, 4) is 11.3 Å². The topological polar surface area (TPSA) is 156 Å². The largest absolute Gasteiger partial charge is 0.359 e. The highest BCUT2D eigenvalue weighted by Gasteiger charge is 2.49. The van der Waals surface area contributed by atoms with Crippen molar-refractivity contribution in [2.24, 2.45) is 0 Å². The highest BCUT2D eigenvalue weighted by molar-refractivity contribution is 5.89. The molecule has 11 nitrogen and oxygen atoms in total. The Balaban J connectivity index is 1.54. The number of alkyl halides is 2. The number of halogens is 3. The van der Waals surface area contributed by atoms with E-state index in [0.717, 1.165) is 29.3 Å². The monoisotopic (exact) mass is 463 g/mol. The van der Waals surface area contributed by atoms with Crippen molar-refractivity contribution in [1.29, 1.82) is 0 Å². The van der Waals surface area contributed by atoms with E-state index in [9.17, 15) is 32.3 Å². The van der Waals surface area contributed by atoms with Crippen LogP contribution in [0.4, 0.5) is 29.3 Å². The van der Waals surface area contributed by atoms with Crippen molar-refractivity contribution >= 4 is 17.4 Å². The Morgan fingerprint density at radius 1 is 1.15 bits per heavy atom. The third kappa shape index (κ3) is 4.63. The van der Waals surface area contributed by atoms with Gasteiger partial charge in [0.15, 0.2) is 0 Å². The molecule has 2 aromatic heterocycles. The Hall–Kier alpha value is -4.36. The van der Waals surface area contributed by atoms with E-state index >= 15 is 0 Å². The van der Waals surface area contributed by atoms with Crippen LogP contribution in [0, 0.1) is 5.82 Å². The van der Waals surface area contributed by atoms with Crippen molar-refractivity contribution in [1.82, 2.24) is 25.5 Å². The van der Waals surface area contributed by atoms with E-state index < -0.39 is 53.7 Å². The molecule has 3 heterocycles. The number of rotatable bonds is 4. The lowest BCUT2D eigenvalue weighted by atomic mass is 10.2. The standard InChI is InChI=1S/C19H16F3N7O4/c20-9-1-3-10(4-2-9)24-18(33)25-14-7-29(8-19(14,21)22)13-5-12(27-28-16(13)31)11-6-23-17(32)26-15(11)30/h1-6,14H,7-8H2,(H,28,31)(H2,24,25,33)(H2,23,26,30,32)/t14-/m0/s1. The molecule has 5 N–H and O–H groups in total. The molecular weight excluding hydrogens is 447 g/mol. The average Bonchev–Trinajstić information content (AvgIpc) is 3.04. The molecule has 2 amide bonds. The lowest BCUT2D eigenvalue weighted by Crippen LogP contribution is -2.48. The van der Waals surface area contributed by atoms with E-state index in [-0.39, 0.29) is 22.6 Å². The van der Waals surface area contributed by atoms with E-state index in [1.54, 1.807) is 0 Å². The van der Waals surface area contributed by atoms with Gasteiger partial charge in [-0.2, -0.15) is 5.10 Å². The number of amides is 2. The molecule has 0 spiro atoms. The predicted octanol–water partition coefficient (Wildman–Crippen LogP) is 0.598. The highest BCUT2D eigenvalue weighted by Crippen LogP contribution is 2.31. The van der Waals surface area contributed by atoms with Crippen LogP contribution in [0.25, 0.3) is 11.3 Å². The molecule has 0 aliphatic carbocycles. The smallest absolute Gasteiger partial charge is 0.325 e. The van der Waals surface area contributed by atoms with E-state index in [4.69, 9.17) is 0 Å². The number of hydrogen-bond acceptors (Lipinski definition) is 6. The maximum absolute atomic E-state index is 14.6. The second-order valence-corrected chi connectivity index (χ2v) is 7.25. The van der Waals surface area contributed by atoms with E-state index in [1.807, 2.05) is 4.98 Å². The zero-order chi connectivity index (χ0) is 23.8. The van der Waals surface area contributed by atoms with Crippen molar-refractivity contribution in [2.45, 2.75) is 12.0 Å². The molecule has 3 aromatic rings.